The molecule has 2 fully saturated rings. The van der Waals surface area contributed by atoms with E-state index in [1.165, 1.54) is 26.1 Å². The van der Waals surface area contributed by atoms with Gasteiger partial charge in [-0.3, -0.25) is 9.59 Å². The summed E-state index contributed by atoms with van der Waals surface area (Å²) in [6.07, 6.45) is 7.86. The van der Waals surface area contributed by atoms with E-state index in [9.17, 15) is 18.0 Å². The van der Waals surface area contributed by atoms with Crippen molar-refractivity contribution in [1.29, 1.82) is 0 Å². The van der Waals surface area contributed by atoms with E-state index in [4.69, 9.17) is 9.47 Å². The number of methoxy groups -OCH3 is 1. The van der Waals surface area contributed by atoms with E-state index >= 15 is 0 Å². The number of carbonyl (C=O) groups is 2. The number of ether oxygens (including phenoxy) is 2. The van der Waals surface area contributed by atoms with Crippen molar-refractivity contribution < 1.29 is 27.5 Å². The maximum atomic E-state index is 13.8. The van der Waals surface area contributed by atoms with E-state index in [2.05, 4.69) is 38.3 Å². The second-order valence-electron chi connectivity index (χ2n) is 11.9. The number of fused-ring (bicyclic) bond motifs is 1. The fourth-order valence-electron chi connectivity index (χ4n) is 6.83. The largest absolute Gasteiger partial charge is 0.497 e. The molecule has 2 aliphatic rings. The molecule has 2 unspecified atom stereocenters. The smallest absolute Gasteiger partial charge is 0.314 e. The number of esters is 1. The maximum absolute atomic E-state index is 13.8. The van der Waals surface area contributed by atoms with Gasteiger partial charge in [-0.15, -0.1) is 0 Å². The highest BCUT2D eigenvalue weighted by atomic mass is 79.9. The first kappa shape index (κ1) is 31.5. The molecule has 0 spiro atoms. The molecule has 0 bridgehead atoms. The molecule has 1 heterocycles. The normalized spacial score (nSPS) is 22.5. The van der Waals surface area contributed by atoms with Crippen LogP contribution in [0.15, 0.2) is 47.1 Å². The molecule has 43 heavy (non-hydrogen) atoms. The Labute approximate surface area is 262 Å². The van der Waals surface area contributed by atoms with Crippen molar-refractivity contribution in [3.05, 3.63) is 63.8 Å². The van der Waals surface area contributed by atoms with E-state index in [1.54, 1.807) is 19.2 Å². The van der Waals surface area contributed by atoms with E-state index in [0.29, 0.717) is 18.2 Å². The fourth-order valence-corrected chi connectivity index (χ4v) is 7.86. The summed E-state index contributed by atoms with van der Waals surface area (Å²) in [7, 11) is 0.390. The topological polar surface area (TPSA) is 107 Å². The van der Waals surface area contributed by atoms with Gasteiger partial charge in [-0.05, 0) is 73.1 Å². The highest BCUT2D eigenvalue weighted by molar-refractivity contribution is 9.10. The van der Waals surface area contributed by atoms with Crippen molar-refractivity contribution in [2.24, 2.45) is 11.3 Å². The van der Waals surface area contributed by atoms with Crippen LogP contribution in [-0.4, -0.2) is 57.0 Å². The summed E-state index contributed by atoms with van der Waals surface area (Å²) in [6, 6.07) is 11.1. The second kappa shape index (κ2) is 12.2. The Bertz CT molecular complexity index is 1650. The minimum absolute atomic E-state index is 0.0257. The number of nitrogens with one attached hydrogen (secondary N) is 1. The molecular weight excluding hydrogens is 634 g/mol. The van der Waals surface area contributed by atoms with Gasteiger partial charge in [0, 0.05) is 53.7 Å². The van der Waals surface area contributed by atoms with E-state index in [0.717, 1.165) is 50.9 Å². The monoisotopic (exact) mass is 673 g/mol. The highest BCUT2D eigenvalue weighted by Gasteiger charge is 2.69. The molecule has 11 heteroatoms. The minimum Gasteiger partial charge on any atom is -0.497 e. The zero-order valence-corrected chi connectivity index (χ0v) is 27.8. The fraction of sp³-hybridized carbons (Fsp3) is 0.500. The molecule has 1 N–H and O–H groups in total. The highest BCUT2D eigenvalue weighted by Crippen LogP contribution is 2.67. The molecule has 0 radical (unpaired) electrons. The molecule has 2 aromatic carbocycles. The van der Waals surface area contributed by atoms with Crippen molar-refractivity contribution in [3.8, 4) is 5.75 Å². The number of nitrogens with zero attached hydrogens (tertiary/aromatic N) is 2. The summed E-state index contributed by atoms with van der Waals surface area (Å²) in [6.45, 7) is 4.51. The third-order valence-electron chi connectivity index (χ3n) is 9.31. The minimum atomic E-state index is -3.96. The van der Waals surface area contributed by atoms with Gasteiger partial charge in [0.05, 0.1) is 19.1 Å². The number of benzene rings is 2. The average Bonchev–Trinajstić information content (AvgIpc) is 3.40. The van der Waals surface area contributed by atoms with Crippen LogP contribution in [-0.2, 0) is 26.3 Å². The lowest BCUT2D eigenvalue weighted by molar-refractivity contribution is -0.151. The van der Waals surface area contributed by atoms with Crippen LogP contribution in [0.2, 0.25) is 0 Å². The molecule has 9 nitrogen and oxygen atoms in total. The lowest BCUT2D eigenvalue weighted by atomic mass is 9.84. The average molecular weight is 675 g/mol. The molecule has 0 aliphatic heterocycles. The van der Waals surface area contributed by atoms with Crippen LogP contribution < -0.4 is 9.46 Å². The number of aromatic nitrogens is 1. The van der Waals surface area contributed by atoms with Gasteiger partial charge in [0.15, 0.2) is 0 Å². The summed E-state index contributed by atoms with van der Waals surface area (Å²) in [5.41, 5.74) is 2.37. The van der Waals surface area contributed by atoms with Crippen molar-refractivity contribution in [2.75, 3.05) is 27.8 Å². The predicted octanol–water partition coefficient (Wildman–Crippen LogP) is 5.98. The van der Waals surface area contributed by atoms with Gasteiger partial charge in [0.1, 0.15) is 5.75 Å². The first-order chi connectivity index (χ1) is 20.4. The molecule has 0 saturated heterocycles. The Hall–Kier alpha value is -2.89. The summed E-state index contributed by atoms with van der Waals surface area (Å²) >= 11 is 3.70. The Morgan fingerprint density at radius 3 is 2.47 bits per heavy atom. The van der Waals surface area contributed by atoms with Gasteiger partial charge in [0.2, 0.25) is 0 Å². The maximum Gasteiger partial charge on any atom is 0.314 e. The third kappa shape index (κ3) is 5.83. The van der Waals surface area contributed by atoms with Crippen LogP contribution in [0.5, 0.6) is 5.75 Å². The first-order valence-electron chi connectivity index (χ1n) is 14.8. The van der Waals surface area contributed by atoms with Crippen LogP contribution in [0.1, 0.15) is 79.3 Å². The Kier molecular flexibility index (Phi) is 8.98. The van der Waals surface area contributed by atoms with Crippen LogP contribution in [0.3, 0.4) is 0 Å². The lowest BCUT2D eigenvalue weighted by Crippen LogP contribution is -2.39. The number of amides is 1. The molecule has 5 rings (SSSR count). The first-order valence-corrected chi connectivity index (χ1v) is 17.1. The van der Waals surface area contributed by atoms with Crippen molar-refractivity contribution in [1.82, 2.24) is 13.6 Å². The van der Waals surface area contributed by atoms with Crippen LogP contribution in [0, 0.1) is 11.3 Å². The van der Waals surface area contributed by atoms with Gasteiger partial charge in [-0.1, -0.05) is 48.2 Å². The second-order valence-corrected chi connectivity index (χ2v) is 14.7. The molecule has 232 valence electrons. The summed E-state index contributed by atoms with van der Waals surface area (Å²) in [5, 5.41) is 1.02. The Morgan fingerprint density at radius 1 is 1.09 bits per heavy atom. The predicted molar refractivity (Wildman–Crippen MR) is 170 cm³/mol. The number of hydrogen-bond donors (Lipinski definition) is 1. The van der Waals surface area contributed by atoms with E-state index in [1.807, 2.05) is 31.2 Å². The summed E-state index contributed by atoms with van der Waals surface area (Å²) < 4.78 is 42.1. The van der Waals surface area contributed by atoms with Gasteiger partial charge in [-0.2, -0.15) is 12.7 Å². The molecule has 3 aromatic rings. The quantitative estimate of drug-likeness (QED) is 0.266. The van der Waals surface area contributed by atoms with Gasteiger partial charge >= 0.3 is 16.2 Å². The van der Waals surface area contributed by atoms with Gasteiger partial charge < -0.3 is 14.0 Å². The summed E-state index contributed by atoms with van der Waals surface area (Å²) in [4.78, 5) is 26.9. The van der Waals surface area contributed by atoms with Gasteiger partial charge in [0.25, 0.3) is 5.91 Å². The third-order valence-corrected chi connectivity index (χ3v) is 11.4. The van der Waals surface area contributed by atoms with Crippen LogP contribution in [0.25, 0.3) is 10.9 Å². The molecule has 1 amide bonds. The zero-order valence-electron chi connectivity index (χ0n) is 25.4. The zero-order chi connectivity index (χ0) is 31.1. The van der Waals surface area contributed by atoms with Crippen LogP contribution in [0.4, 0.5) is 0 Å². The van der Waals surface area contributed by atoms with Crippen molar-refractivity contribution >= 4 is 48.9 Å². The van der Waals surface area contributed by atoms with E-state index in [-0.39, 0.29) is 30.0 Å². The van der Waals surface area contributed by atoms with Crippen molar-refractivity contribution in [3.63, 3.8) is 0 Å². The number of carbonyl (C=O) groups excluding carboxylic acids is 2. The van der Waals surface area contributed by atoms with Gasteiger partial charge in [-0.25, -0.2) is 4.72 Å². The number of hydrogen-bond acceptors (Lipinski definition) is 6. The Balaban J connectivity index is 1.61. The molecule has 2 saturated carbocycles. The SMILES string of the molecule is CCOC(=O)C1(Cn2cc(C3CCCCC3)c3ccc(C(=O)NS(=O)(=O)N(C)C)cc32)C(c2cc(OC)ccc2Br)[C@H]1C. The van der Waals surface area contributed by atoms with E-state index < -0.39 is 21.5 Å². The number of rotatable bonds is 10. The van der Waals surface area contributed by atoms with Crippen LogP contribution >= 0.6 is 15.9 Å². The Morgan fingerprint density at radius 2 is 1.81 bits per heavy atom. The molecular formula is C32H40BrN3O6S. The standard InChI is InChI=1S/C32H40BrN3O6S/c1-6-42-31(38)32(20(2)29(32)25-17-23(41-5)13-15-27(25)33)19-36-18-26(21-10-8-7-9-11-21)24-14-12-22(16-28(24)36)30(37)34-43(39,40)35(3)4/h12-18,20-21,29H,6-11,19H2,1-5H3,(H,34,37)/t20-,29?,32?/m1/s1. The molecule has 2 aliphatic carbocycles. The molecule has 3 atom stereocenters. The lowest BCUT2D eigenvalue weighted by Gasteiger charge is -2.21. The molecule has 1 aromatic heterocycles. The van der Waals surface area contributed by atoms with Crippen molar-refractivity contribution in [2.45, 2.75) is 64.3 Å². The number of halogens is 1. The summed E-state index contributed by atoms with van der Waals surface area (Å²) in [5.74, 6) is -0.0188.